The molecule has 68 valence electrons. The minimum atomic E-state index is 0.104. The van der Waals surface area contributed by atoms with Crippen molar-refractivity contribution in [2.75, 3.05) is 6.61 Å². The third-order valence-electron chi connectivity index (χ3n) is 2.10. The lowest BCUT2D eigenvalue weighted by Gasteiger charge is -2.17. The Hall–Kier alpha value is -1.58. The summed E-state index contributed by atoms with van der Waals surface area (Å²) in [5.41, 5.74) is 0.983. The number of hydrogen-bond donors (Lipinski definition) is 1. The highest BCUT2D eigenvalue weighted by molar-refractivity contribution is 5.55. The van der Waals surface area contributed by atoms with Gasteiger partial charge in [0.1, 0.15) is 17.2 Å². The van der Waals surface area contributed by atoms with Gasteiger partial charge in [0.15, 0.2) is 0 Å². The first-order chi connectivity index (χ1) is 6.31. The van der Waals surface area contributed by atoms with E-state index in [1.54, 1.807) is 6.07 Å². The van der Waals surface area contributed by atoms with Crippen molar-refractivity contribution in [3.8, 4) is 11.5 Å². The topological polar surface area (TPSA) is 58.9 Å². The molecule has 0 amide bonds. The van der Waals surface area contributed by atoms with Crippen LogP contribution in [-0.4, -0.2) is 11.7 Å². The van der Waals surface area contributed by atoms with Crippen molar-refractivity contribution in [3.05, 3.63) is 22.6 Å². The summed E-state index contributed by atoms with van der Waals surface area (Å²) in [4.78, 5) is 10.2. The second-order valence-corrected chi connectivity index (χ2v) is 2.98. The van der Waals surface area contributed by atoms with Crippen LogP contribution in [0.25, 0.3) is 0 Å². The fourth-order valence-electron chi connectivity index (χ4n) is 1.48. The average Bonchev–Trinajstić information content (AvgIpc) is 2.18. The highest BCUT2D eigenvalue weighted by Gasteiger charge is 2.15. The number of benzene rings is 1. The molecule has 4 nitrogen and oxygen atoms in total. The van der Waals surface area contributed by atoms with E-state index >= 15 is 0 Å². The fourth-order valence-corrected chi connectivity index (χ4v) is 1.48. The van der Waals surface area contributed by atoms with E-state index in [4.69, 9.17) is 4.74 Å². The summed E-state index contributed by atoms with van der Waals surface area (Å²) in [5, 5.41) is 12.2. The maximum Gasteiger partial charge on any atom is 0.128 e. The van der Waals surface area contributed by atoms with Crippen LogP contribution in [0.5, 0.6) is 11.5 Å². The molecule has 0 fully saturated rings. The van der Waals surface area contributed by atoms with E-state index in [1.807, 2.05) is 0 Å². The van der Waals surface area contributed by atoms with E-state index in [2.05, 4.69) is 5.18 Å². The molecule has 1 N–H and O–H groups in total. The van der Waals surface area contributed by atoms with Crippen LogP contribution in [0.15, 0.2) is 17.3 Å². The molecule has 4 heteroatoms. The Kier molecular flexibility index (Phi) is 1.88. The van der Waals surface area contributed by atoms with Gasteiger partial charge in [0.2, 0.25) is 0 Å². The van der Waals surface area contributed by atoms with E-state index in [1.165, 1.54) is 6.07 Å². The van der Waals surface area contributed by atoms with Crippen molar-refractivity contribution in [3.63, 3.8) is 0 Å². The van der Waals surface area contributed by atoms with Crippen LogP contribution in [0, 0.1) is 4.91 Å². The first-order valence-electron chi connectivity index (χ1n) is 4.13. The summed E-state index contributed by atoms with van der Waals surface area (Å²) in [5.74, 6) is 0.688. The number of nitrogens with zero attached hydrogens (tertiary/aromatic N) is 1. The van der Waals surface area contributed by atoms with Crippen LogP contribution in [-0.2, 0) is 6.42 Å². The van der Waals surface area contributed by atoms with Crippen LogP contribution in [0.3, 0.4) is 0 Å². The highest BCUT2D eigenvalue weighted by Crippen LogP contribution is 2.36. The summed E-state index contributed by atoms with van der Waals surface area (Å²) in [6.45, 7) is 0.634. The maximum atomic E-state index is 10.2. The molecule has 1 aliphatic rings. The van der Waals surface area contributed by atoms with Gasteiger partial charge in [0.25, 0.3) is 0 Å². The molecule has 1 aliphatic heterocycles. The number of hydrogen-bond acceptors (Lipinski definition) is 4. The molecule has 1 aromatic rings. The number of aromatic hydroxyl groups is 1. The Morgan fingerprint density at radius 1 is 1.46 bits per heavy atom. The lowest BCUT2D eigenvalue weighted by Crippen LogP contribution is -2.08. The van der Waals surface area contributed by atoms with E-state index in [0.29, 0.717) is 12.4 Å². The fraction of sp³-hybridized carbons (Fsp3) is 0.333. The molecule has 2 rings (SSSR count). The molecule has 0 aliphatic carbocycles. The summed E-state index contributed by atoms with van der Waals surface area (Å²) in [6, 6.07) is 2.92. The summed E-state index contributed by atoms with van der Waals surface area (Å²) >= 11 is 0. The molecule has 0 saturated heterocycles. The molecule has 13 heavy (non-hydrogen) atoms. The SMILES string of the molecule is O=Nc1cc(O)c2c(c1)OCCC2. The molecular weight excluding hydrogens is 170 g/mol. The van der Waals surface area contributed by atoms with Crippen molar-refractivity contribution in [1.29, 1.82) is 0 Å². The molecule has 1 heterocycles. The van der Waals surface area contributed by atoms with Crippen LogP contribution in [0.4, 0.5) is 5.69 Å². The third kappa shape index (κ3) is 1.35. The van der Waals surface area contributed by atoms with Crippen molar-refractivity contribution >= 4 is 5.69 Å². The largest absolute Gasteiger partial charge is 0.507 e. The van der Waals surface area contributed by atoms with Gasteiger partial charge < -0.3 is 9.84 Å². The lowest BCUT2D eigenvalue weighted by molar-refractivity contribution is 0.284. The smallest absolute Gasteiger partial charge is 0.128 e. The molecule has 0 bridgehead atoms. The Bertz CT molecular complexity index is 349. The molecule has 0 atom stereocenters. The van der Waals surface area contributed by atoms with Gasteiger partial charge in [0.05, 0.1) is 6.61 Å². The second-order valence-electron chi connectivity index (χ2n) is 2.98. The molecule has 0 spiro atoms. The molecule has 1 aromatic carbocycles. The number of rotatable bonds is 1. The number of phenolic OH excluding ortho intramolecular Hbond substituents is 1. The molecule has 0 aromatic heterocycles. The predicted octanol–water partition coefficient (Wildman–Crippen LogP) is 2.12. The zero-order valence-electron chi connectivity index (χ0n) is 6.99. The monoisotopic (exact) mass is 179 g/mol. The third-order valence-corrected chi connectivity index (χ3v) is 2.10. The molecular formula is C9H9NO3. The normalized spacial score (nSPS) is 14.5. The van der Waals surface area contributed by atoms with E-state index < -0.39 is 0 Å². The van der Waals surface area contributed by atoms with Gasteiger partial charge in [-0.05, 0) is 18.0 Å². The quantitative estimate of drug-likeness (QED) is 0.671. The minimum absolute atomic E-state index is 0.104. The van der Waals surface area contributed by atoms with Crippen LogP contribution >= 0.6 is 0 Å². The number of nitroso groups, excluding NO2 is 1. The second kappa shape index (κ2) is 3.05. The van der Waals surface area contributed by atoms with E-state index in [9.17, 15) is 10.0 Å². The first kappa shape index (κ1) is 8.04. The van der Waals surface area contributed by atoms with Gasteiger partial charge in [0, 0.05) is 17.7 Å². The summed E-state index contributed by atoms with van der Waals surface area (Å²) in [6.07, 6.45) is 1.69. The highest BCUT2D eigenvalue weighted by atomic mass is 16.5. The molecule has 0 radical (unpaired) electrons. The van der Waals surface area contributed by atoms with E-state index in [-0.39, 0.29) is 11.4 Å². The zero-order chi connectivity index (χ0) is 9.26. The van der Waals surface area contributed by atoms with Gasteiger partial charge in [-0.1, -0.05) is 0 Å². The molecule has 0 unspecified atom stereocenters. The van der Waals surface area contributed by atoms with Gasteiger partial charge in [-0.15, -0.1) is 4.91 Å². The number of ether oxygens (including phenoxy) is 1. The Labute approximate surface area is 75.1 Å². The summed E-state index contributed by atoms with van der Waals surface area (Å²) in [7, 11) is 0. The van der Waals surface area contributed by atoms with Gasteiger partial charge in [-0.2, -0.15) is 0 Å². The predicted molar refractivity (Wildman–Crippen MR) is 47.4 cm³/mol. The Balaban J connectivity index is 2.52. The number of fused-ring (bicyclic) bond motifs is 1. The number of phenols is 1. The Morgan fingerprint density at radius 2 is 2.31 bits per heavy atom. The summed E-state index contributed by atoms with van der Waals surface area (Å²) < 4.78 is 5.29. The Morgan fingerprint density at radius 3 is 3.08 bits per heavy atom. The van der Waals surface area contributed by atoms with Crippen LogP contribution in [0.1, 0.15) is 12.0 Å². The average molecular weight is 179 g/mol. The lowest BCUT2D eigenvalue weighted by atomic mass is 10.0. The first-order valence-corrected chi connectivity index (χ1v) is 4.13. The minimum Gasteiger partial charge on any atom is -0.507 e. The van der Waals surface area contributed by atoms with Crippen molar-refractivity contribution in [1.82, 2.24) is 0 Å². The van der Waals surface area contributed by atoms with Crippen molar-refractivity contribution in [2.45, 2.75) is 12.8 Å². The standard InChI is InChI=1S/C9H9NO3/c11-8-4-6(10-12)5-9-7(8)2-1-3-13-9/h4-5,11H,1-3H2. The van der Waals surface area contributed by atoms with Crippen LogP contribution < -0.4 is 4.74 Å². The van der Waals surface area contributed by atoms with Crippen molar-refractivity contribution in [2.24, 2.45) is 5.18 Å². The van der Waals surface area contributed by atoms with E-state index in [0.717, 1.165) is 18.4 Å². The van der Waals surface area contributed by atoms with Gasteiger partial charge in [-0.3, -0.25) is 0 Å². The van der Waals surface area contributed by atoms with Crippen molar-refractivity contribution < 1.29 is 9.84 Å². The van der Waals surface area contributed by atoms with Gasteiger partial charge in [-0.25, -0.2) is 0 Å². The van der Waals surface area contributed by atoms with Crippen LogP contribution in [0.2, 0.25) is 0 Å². The maximum absolute atomic E-state index is 10.2. The molecule has 0 saturated carbocycles. The zero-order valence-corrected chi connectivity index (χ0v) is 6.99. The van der Waals surface area contributed by atoms with Gasteiger partial charge >= 0.3 is 0 Å².